The molecule has 0 aromatic heterocycles. The van der Waals surface area contributed by atoms with E-state index in [9.17, 15) is 13.0 Å². The van der Waals surface area contributed by atoms with Crippen molar-refractivity contribution in [2.75, 3.05) is 0 Å². The molecule has 0 aromatic carbocycles. The molecule has 14 heavy (non-hydrogen) atoms. The van der Waals surface area contributed by atoms with Gasteiger partial charge in [-0.3, -0.25) is 4.55 Å². The van der Waals surface area contributed by atoms with Gasteiger partial charge in [-0.15, -0.1) is 0 Å². The molecule has 1 N–H and O–H groups in total. The van der Waals surface area contributed by atoms with Gasteiger partial charge in [0.15, 0.2) is 0 Å². The summed E-state index contributed by atoms with van der Waals surface area (Å²) in [5, 5.41) is 0. The average Bonchev–Trinajstić information content (AvgIpc) is 2.00. The van der Waals surface area contributed by atoms with Crippen LogP contribution in [0.5, 0.6) is 0 Å². The Bertz CT molecular complexity index is 261. The van der Waals surface area contributed by atoms with Crippen molar-refractivity contribution in [3.8, 4) is 0 Å². The third-order valence-electron chi connectivity index (χ3n) is 2.68. The molecular weight excluding hydrogens is 216 g/mol. The third kappa shape index (κ3) is 3.36. The Labute approximate surface area is 89.9 Å². The fraction of sp³-hybridized carbons (Fsp3) is 1.00. The second-order valence-corrected chi connectivity index (χ2v) is 10.1. The zero-order valence-electron chi connectivity index (χ0n) is 9.58. The first-order valence-electron chi connectivity index (χ1n) is 5.26. The molecule has 0 saturated heterocycles. The summed E-state index contributed by atoms with van der Waals surface area (Å²) in [4.78, 5) is 0. The Hall–Kier alpha value is 0.127. The molecule has 0 heterocycles. The topological polar surface area (TPSA) is 54.4 Å². The molecule has 86 valence electrons. The van der Waals surface area contributed by atoms with Gasteiger partial charge < -0.3 is 0 Å². The zero-order valence-corrected chi connectivity index (χ0v) is 11.8. The summed E-state index contributed by atoms with van der Waals surface area (Å²) in [7, 11) is -4.67. The van der Waals surface area contributed by atoms with E-state index in [4.69, 9.17) is 0 Å². The second-order valence-electron chi connectivity index (χ2n) is 4.36. The van der Waals surface area contributed by atoms with Gasteiger partial charge in [-0.2, -0.15) is 8.42 Å². The van der Waals surface area contributed by atoms with E-state index < -0.39 is 24.0 Å². The number of rotatable bonds is 6. The maximum absolute atomic E-state index is 11.4. The van der Waals surface area contributed by atoms with Crippen LogP contribution < -0.4 is 0 Å². The molecule has 0 aliphatic carbocycles. The summed E-state index contributed by atoms with van der Waals surface area (Å²) in [6.45, 7) is 7.90. The molecule has 0 amide bonds. The van der Waals surface area contributed by atoms with Crippen molar-refractivity contribution in [2.24, 2.45) is 0 Å². The van der Waals surface area contributed by atoms with E-state index in [0.717, 1.165) is 6.42 Å². The van der Waals surface area contributed by atoms with E-state index >= 15 is 0 Å². The Morgan fingerprint density at radius 1 is 1.36 bits per heavy atom. The normalized spacial score (nSPS) is 17.9. The molecule has 1 unspecified atom stereocenters. The Balaban J connectivity index is 4.99. The molecule has 3 nitrogen and oxygen atoms in total. The first-order valence-corrected chi connectivity index (χ1v) is 8.22. The fourth-order valence-corrected chi connectivity index (χ4v) is 7.04. The monoisotopic (exact) mass is 238 g/mol. The largest absolute Gasteiger partial charge is 0.285 e. The van der Waals surface area contributed by atoms with Gasteiger partial charge in [0.2, 0.25) is 0 Å². The van der Waals surface area contributed by atoms with E-state index in [-0.39, 0.29) is 0 Å². The molecule has 0 aliphatic heterocycles. The van der Waals surface area contributed by atoms with Crippen molar-refractivity contribution >= 4 is 19.6 Å². The van der Waals surface area contributed by atoms with Crippen LogP contribution in [0, 0.1) is 0 Å². The van der Waals surface area contributed by atoms with Crippen molar-refractivity contribution in [1.29, 1.82) is 0 Å². The molecule has 5 heteroatoms. The second kappa shape index (κ2) is 5.28. The van der Waals surface area contributed by atoms with E-state index in [0.29, 0.717) is 18.4 Å². The van der Waals surface area contributed by atoms with Crippen LogP contribution in [0.4, 0.5) is 0 Å². The first kappa shape index (κ1) is 14.1. The quantitative estimate of drug-likeness (QED) is 0.567. The summed E-state index contributed by atoms with van der Waals surface area (Å²) in [6, 6.07) is 0. The molecule has 0 aromatic rings. The van der Waals surface area contributed by atoms with Gasteiger partial charge in [-0.25, -0.2) is 0 Å². The smallest absolute Gasteiger partial charge is 0.267 e. The van der Waals surface area contributed by atoms with Gasteiger partial charge in [0.1, 0.15) is 0 Å². The van der Waals surface area contributed by atoms with E-state index in [1.54, 1.807) is 0 Å². The van der Waals surface area contributed by atoms with Crippen molar-refractivity contribution in [2.45, 2.75) is 56.9 Å². The lowest BCUT2D eigenvalue weighted by atomic mass is 10.2. The molecule has 0 saturated carbocycles. The minimum atomic E-state index is -3.87. The zero-order chi connectivity index (χ0) is 11.4. The third-order valence-corrected chi connectivity index (χ3v) is 8.27. The highest BCUT2D eigenvalue weighted by Crippen LogP contribution is 2.28. The molecular formula is C9H22O3SSi. The van der Waals surface area contributed by atoms with Crippen LogP contribution in [-0.2, 0) is 10.1 Å². The predicted octanol–water partition coefficient (Wildman–Crippen LogP) is 1.78. The summed E-state index contributed by atoms with van der Waals surface area (Å²) >= 11 is 0. The molecule has 0 aliphatic rings. The maximum atomic E-state index is 11.4. The molecule has 0 spiro atoms. The lowest BCUT2D eigenvalue weighted by Gasteiger charge is -2.30. The first-order chi connectivity index (χ1) is 6.29. The molecule has 0 bridgehead atoms. The lowest BCUT2D eigenvalue weighted by molar-refractivity contribution is 0.442. The van der Waals surface area contributed by atoms with Gasteiger partial charge in [-0.1, -0.05) is 39.7 Å². The van der Waals surface area contributed by atoms with Crippen molar-refractivity contribution in [3.05, 3.63) is 0 Å². The Kier molecular flexibility index (Phi) is 5.32. The Morgan fingerprint density at radius 3 is 2.07 bits per heavy atom. The van der Waals surface area contributed by atoms with Crippen LogP contribution in [0.3, 0.4) is 0 Å². The van der Waals surface area contributed by atoms with Gasteiger partial charge in [0, 0.05) is 0 Å². The van der Waals surface area contributed by atoms with E-state index in [1.165, 1.54) is 0 Å². The standard InChI is InChI=1S/C9H22O3SSi/c1-5-7-9(6-2,13(10,11)12)14-8(3)4/h8H,5-7,14H2,1-4H3,(H,10,11,12). The van der Waals surface area contributed by atoms with Crippen molar-refractivity contribution < 1.29 is 13.0 Å². The number of hydrogen-bond donors (Lipinski definition) is 1. The molecule has 0 radical (unpaired) electrons. The maximum Gasteiger partial charge on any atom is 0.267 e. The summed E-state index contributed by atoms with van der Waals surface area (Å²) in [6.07, 6.45) is 1.96. The number of hydrogen-bond acceptors (Lipinski definition) is 2. The SMILES string of the molecule is CCCC(CC)([SiH2]C(C)C)S(=O)(=O)O. The average molecular weight is 238 g/mol. The molecule has 0 fully saturated rings. The van der Waals surface area contributed by atoms with Gasteiger partial charge in [0.05, 0.1) is 13.9 Å². The van der Waals surface area contributed by atoms with Crippen LogP contribution in [0.15, 0.2) is 0 Å². The van der Waals surface area contributed by atoms with Crippen LogP contribution in [0.1, 0.15) is 47.0 Å². The molecule has 1 atom stereocenters. The van der Waals surface area contributed by atoms with Crippen molar-refractivity contribution in [1.82, 2.24) is 0 Å². The van der Waals surface area contributed by atoms with E-state index in [1.807, 2.05) is 27.7 Å². The summed E-state index contributed by atoms with van der Waals surface area (Å²) in [5.74, 6) is 0. The van der Waals surface area contributed by atoms with Gasteiger partial charge in [0.25, 0.3) is 10.1 Å². The highest BCUT2D eigenvalue weighted by atomic mass is 32.2. The predicted molar refractivity (Wildman–Crippen MR) is 63.1 cm³/mol. The van der Waals surface area contributed by atoms with Crippen LogP contribution >= 0.6 is 0 Å². The Morgan fingerprint density at radius 2 is 1.86 bits per heavy atom. The van der Waals surface area contributed by atoms with Gasteiger partial charge >= 0.3 is 0 Å². The van der Waals surface area contributed by atoms with Crippen LogP contribution in [0.25, 0.3) is 0 Å². The van der Waals surface area contributed by atoms with Crippen molar-refractivity contribution in [3.63, 3.8) is 0 Å². The molecule has 0 rings (SSSR count). The lowest BCUT2D eigenvalue weighted by Crippen LogP contribution is -2.44. The minimum Gasteiger partial charge on any atom is -0.285 e. The minimum absolute atomic E-state index is 0.420. The van der Waals surface area contributed by atoms with Crippen LogP contribution in [-0.4, -0.2) is 26.9 Å². The van der Waals surface area contributed by atoms with E-state index in [2.05, 4.69) is 0 Å². The highest BCUT2D eigenvalue weighted by Gasteiger charge is 2.40. The summed E-state index contributed by atoms with van der Waals surface area (Å²) < 4.78 is 31.3. The fourth-order valence-electron chi connectivity index (χ4n) is 2.04. The van der Waals surface area contributed by atoms with Gasteiger partial charge in [-0.05, 0) is 12.8 Å². The summed E-state index contributed by atoms with van der Waals surface area (Å²) in [5.41, 5.74) is 0.420. The highest BCUT2D eigenvalue weighted by molar-refractivity contribution is 7.88. The van der Waals surface area contributed by atoms with Crippen LogP contribution in [0.2, 0.25) is 5.54 Å².